The van der Waals surface area contributed by atoms with Crippen molar-refractivity contribution in [2.75, 3.05) is 30.5 Å². The molecular weight excluding hydrogens is 332 g/mol. The number of carbonyl (C=O) groups is 1. The van der Waals surface area contributed by atoms with Crippen molar-refractivity contribution in [3.05, 3.63) is 65.2 Å². The number of thioether (sulfide) groups is 1. The van der Waals surface area contributed by atoms with Gasteiger partial charge in [-0.2, -0.15) is 0 Å². The van der Waals surface area contributed by atoms with E-state index in [0.29, 0.717) is 6.61 Å². The Morgan fingerprint density at radius 1 is 1.24 bits per heavy atom. The maximum Gasteiger partial charge on any atom is 0.155 e. The highest BCUT2D eigenvalue weighted by molar-refractivity contribution is 8.03. The molecule has 1 aliphatic heterocycles. The number of rotatable bonds is 7. The highest BCUT2D eigenvalue weighted by Gasteiger charge is 2.26. The summed E-state index contributed by atoms with van der Waals surface area (Å²) in [6.07, 6.45) is 1.71. The fraction of sp³-hybridized carbons (Fsp3) is 0.250. The summed E-state index contributed by atoms with van der Waals surface area (Å²) >= 11 is 1.64. The molecule has 2 aromatic rings. The van der Waals surface area contributed by atoms with Gasteiger partial charge >= 0.3 is 0 Å². The van der Waals surface area contributed by atoms with Gasteiger partial charge in [-0.3, -0.25) is 4.79 Å². The van der Waals surface area contributed by atoms with E-state index in [-0.39, 0.29) is 5.78 Å². The molecule has 0 bridgehead atoms. The summed E-state index contributed by atoms with van der Waals surface area (Å²) in [7, 11) is 1.70. The molecule has 2 aromatic carbocycles. The lowest BCUT2D eigenvalue weighted by Crippen LogP contribution is -2.18. The van der Waals surface area contributed by atoms with Crippen LogP contribution in [0.4, 0.5) is 11.4 Å². The summed E-state index contributed by atoms with van der Waals surface area (Å²) in [5.74, 6) is 0.0619. The highest BCUT2D eigenvalue weighted by Crippen LogP contribution is 2.47. The lowest BCUT2D eigenvalue weighted by molar-refractivity contribution is -0.112. The molecule has 0 aromatic heterocycles. The van der Waals surface area contributed by atoms with E-state index in [2.05, 4.69) is 40.5 Å². The van der Waals surface area contributed by atoms with E-state index >= 15 is 0 Å². The number of methoxy groups -OCH3 is 1. The average Bonchev–Trinajstić information content (AvgIpc) is 2.92. The predicted molar refractivity (Wildman–Crippen MR) is 104 cm³/mol. The Balaban J connectivity index is 1.89. The van der Waals surface area contributed by atoms with E-state index in [1.54, 1.807) is 31.9 Å². The summed E-state index contributed by atoms with van der Waals surface area (Å²) < 4.78 is 5.09. The van der Waals surface area contributed by atoms with Crippen LogP contribution in [0.3, 0.4) is 0 Å². The molecule has 1 heterocycles. The number of nitrogens with zero attached hydrogens (tertiary/aromatic N) is 1. The second-order valence-electron chi connectivity index (χ2n) is 5.87. The molecule has 130 valence electrons. The summed E-state index contributed by atoms with van der Waals surface area (Å²) in [4.78, 5) is 15.0. The fourth-order valence-corrected chi connectivity index (χ4v) is 3.85. The van der Waals surface area contributed by atoms with E-state index in [1.165, 1.54) is 10.5 Å². The molecule has 0 atom stereocenters. The van der Waals surface area contributed by atoms with E-state index in [0.717, 1.165) is 29.5 Å². The molecule has 0 amide bonds. The van der Waals surface area contributed by atoms with Gasteiger partial charge in [-0.05, 0) is 30.7 Å². The maximum atomic E-state index is 11.6. The number of carbonyl (C=O) groups excluding carboxylic acids is 1. The first kappa shape index (κ1) is 17.6. The van der Waals surface area contributed by atoms with Crippen molar-refractivity contribution < 1.29 is 9.53 Å². The van der Waals surface area contributed by atoms with Crippen LogP contribution in [-0.2, 0) is 16.1 Å². The van der Waals surface area contributed by atoms with Crippen LogP contribution in [0.25, 0.3) is 0 Å². The van der Waals surface area contributed by atoms with Gasteiger partial charge in [-0.25, -0.2) is 0 Å². The molecule has 1 N–H and O–H groups in total. The van der Waals surface area contributed by atoms with Crippen LogP contribution >= 0.6 is 11.8 Å². The van der Waals surface area contributed by atoms with E-state index < -0.39 is 0 Å². The monoisotopic (exact) mass is 354 g/mol. The summed E-state index contributed by atoms with van der Waals surface area (Å²) in [6.45, 7) is 3.75. The Labute approximate surface area is 152 Å². The van der Waals surface area contributed by atoms with Crippen molar-refractivity contribution in [3.8, 4) is 0 Å². The Morgan fingerprint density at radius 3 is 2.76 bits per heavy atom. The quantitative estimate of drug-likeness (QED) is 0.593. The van der Waals surface area contributed by atoms with Crippen molar-refractivity contribution in [1.29, 1.82) is 0 Å². The van der Waals surface area contributed by atoms with Gasteiger partial charge in [-0.1, -0.05) is 42.1 Å². The summed E-state index contributed by atoms with van der Waals surface area (Å²) in [5.41, 5.74) is 3.39. The molecule has 0 aliphatic carbocycles. The number of hydrogen-bond donors (Lipinski definition) is 1. The second kappa shape index (κ2) is 8.23. The molecule has 0 saturated carbocycles. The van der Waals surface area contributed by atoms with Gasteiger partial charge in [0, 0.05) is 36.9 Å². The Kier molecular flexibility index (Phi) is 5.79. The minimum absolute atomic E-state index is 0.0619. The zero-order valence-corrected chi connectivity index (χ0v) is 15.3. The van der Waals surface area contributed by atoms with Crippen LogP contribution in [0.1, 0.15) is 12.5 Å². The third kappa shape index (κ3) is 4.44. The molecule has 25 heavy (non-hydrogen) atoms. The first-order chi connectivity index (χ1) is 12.2. The number of nitrogens with one attached hydrogen (secondary N) is 1. The smallest absolute Gasteiger partial charge is 0.155 e. The third-order valence-electron chi connectivity index (χ3n) is 3.88. The number of benzene rings is 2. The van der Waals surface area contributed by atoms with Crippen molar-refractivity contribution in [3.63, 3.8) is 0 Å². The Bertz CT molecular complexity index is 775. The number of hydrogen-bond acceptors (Lipinski definition) is 5. The van der Waals surface area contributed by atoms with Gasteiger partial charge in [0.1, 0.15) is 0 Å². The SMILES string of the molecule is COCCNc1ccc2c(c1)N(Cc1ccccc1)/C(=C/C(C)=O)S2. The topological polar surface area (TPSA) is 41.6 Å². The van der Waals surface area contributed by atoms with Crippen molar-refractivity contribution in [1.82, 2.24) is 0 Å². The van der Waals surface area contributed by atoms with Gasteiger partial charge in [0.15, 0.2) is 5.78 Å². The molecule has 0 spiro atoms. The van der Waals surface area contributed by atoms with Crippen LogP contribution in [0.2, 0.25) is 0 Å². The van der Waals surface area contributed by atoms with Gasteiger partial charge in [0.2, 0.25) is 0 Å². The van der Waals surface area contributed by atoms with Crippen LogP contribution in [-0.4, -0.2) is 26.0 Å². The molecule has 0 saturated heterocycles. The van der Waals surface area contributed by atoms with E-state index in [4.69, 9.17) is 4.74 Å². The number of allylic oxidation sites excluding steroid dienone is 1. The summed E-state index contributed by atoms with van der Waals surface area (Å²) in [5, 5.41) is 4.34. The van der Waals surface area contributed by atoms with Crippen LogP contribution in [0.15, 0.2) is 64.5 Å². The highest BCUT2D eigenvalue weighted by atomic mass is 32.2. The minimum atomic E-state index is 0.0619. The van der Waals surface area contributed by atoms with Gasteiger partial charge in [-0.15, -0.1) is 0 Å². The molecule has 1 aliphatic rings. The minimum Gasteiger partial charge on any atom is -0.383 e. The van der Waals surface area contributed by atoms with Gasteiger partial charge in [0.25, 0.3) is 0 Å². The molecule has 5 heteroatoms. The predicted octanol–water partition coefficient (Wildman–Crippen LogP) is 4.29. The fourth-order valence-electron chi connectivity index (χ4n) is 2.72. The molecule has 4 nitrogen and oxygen atoms in total. The zero-order chi connectivity index (χ0) is 17.6. The van der Waals surface area contributed by atoms with E-state index in [1.807, 2.05) is 18.2 Å². The Morgan fingerprint density at radius 2 is 2.04 bits per heavy atom. The number of anilines is 2. The lowest BCUT2D eigenvalue weighted by Gasteiger charge is -2.21. The largest absolute Gasteiger partial charge is 0.383 e. The lowest BCUT2D eigenvalue weighted by atomic mass is 10.2. The standard InChI is InChI=1S/C20H22N2O2S/c1-15(23)12-20-22(14-16-6-4-3-5-7-16)18-13-17(21-10-11-24-2)8-9-19(18)25-20/h3-9,12-13,21H,10-11,14H2,1-2H3/b20-12-. The average molecular weight is 354 g/mol. The normalized spacial score (nSPS) is 14.6. The van der Waals surface area contributed by atoms with E-state index in [9.17, 15) is 4.79 Å². The van der Waals surface area contributed by atoms with Gasteiger partial charge in [0.05, 0.1) is 17.3 Å². The first-order valence-corrected chi connectivity index (χ1v) is 9.07. The molecule has 0 fully saturated rings. The maximum absolute atomic E-state index is 11.6. The first-order valence-electron chi connectivity index (χ1n) is 8.26. The molecule has 0 unspecified atom stereocenters. The summed E-state index contributed by atoms with van der Waals surface area (Å²) in [6, 6.07) is 16.6. The van der Waals surface area contributed by atoms with Crippen molar-refractivity contribution >= 4 is 28.9 Å². The number of ketones is 1. The van der Waals surface area contributed by atoms with Crippen molar-refractivity contribution in [2.45, 2.75) is 18.4 Å². The van der Waals surface area contributed by atoms with Crippen LogP contribution in [0, 0.1) is 0 Å². The molecule has 0 radical (unpaired) electrons. The van der Waals surface area contributed by atoms with Gasteiger partial charge < -0.3 is 15.0 Å². The molecular formula is C20H22N2O2S. The molecule has 3 rings (SSSR count). The zero-order valence-electron chi connectivity index (χ0n) is 14.5. The van der Waals surface area contributed by atoms with Crippen LogP contribution < -0.4 is 10.2 Å². The van der Waals surface area contributed by atoms with Crippen LogP contribution in [0.5, 0.6) is 0 Å². The second-order valence-corrected chi connectivity index (χ2v) is 6.93. The number of ether oxygens (including phenoxy) is 1. The van der Waals surface area contributed by atoms with Crippen molar-refractivity contribution in [2.24, 2.45) is 0 Å². The number of fused-ring (bicyclic) bond motifs is 1. The third-order valence-corrected chi connectivity index (χ3v) is 4.99. The Hall–Kier alpha value is -2.24.